The molecule has 0 bridgehead atoms. The number of hydrogen-bond acceptors (Lipinski definition) is 6. The molecule has 0 spiro atoms. The fourth-order valence-electron chi connectivity index (χ4n) is 2.85. The summed E-state index contributed by atoms with van der Waals surface area (Å²) in [7, 11) is 1.91. The number of likely N-dealkylation sites (N-methyl/N-ethyl adjacent to an activating group) is 1. The highest BCUT2D eigenvalue weighted by Crippen LogP contribution is 2.31. The van der Waals surface area contributed by atoms with Gasteiger partial charge < -0.3 is 14.7 Å². The molecule has 7 heteroatoms. The van der Waals surface area contributed by atoms with Crippen molar-refractivity contribution in [1.29, 1.82) is 0 Å². The van der Waals surface area contributed by atoms with Gasteiger partial charge in [0.1, 0.15) is 6.04 Å². The number of nitrogens with zero attached hydrogens (tertiary/aromatic N) is 3. The molecule has 2 aromatic heterocycles. The zero-order chi connectivity index (χ0) is 16.2. The van der Waals surface area contributed by atoms with E-state index in [0.717, 1.165) is 30.7 Å². The predicted octanol–water partition coefficient (Wildman–Crippen LogP) is 2.19. The first-order chi connectivity index (χ1) is 11.2. The fraction of sp³-hybridized carbons (Fsp3) is 0.562. The summed E-state index contributed by atoms with van der Waals surface area (Å²) in [5, 5.41) is 9.21. The first-order valence-corrected chi connectivity index (χ1v) is 8.87. The van der Waals surface area contributed by atoms with Gasteiger partial charge in [-0.25, -0.2) is 0 Å². The Hall–Kier alpha value is -1.73. The average molecular weight is 334 g/mol. The quantitative estimate of drug-likeness (QED) is 0.877. The maximum atomic E-state index is 12.6. The molecule has 6 nitrogen and oxygen atoms in total. The predicted molar refractivity (Wildman–Crippen MR) is 88.2 cm³/mol. The SMILES string of the molecule is CNC(C)Cc1noc(C2CCCN2C(=O)Cc2cccs2)n1. The standard InChI is InChI=1S/C16H22N4O2S/c1-11(17-2)9-14-18-16(22-19-14)13-6-3-7-20(13)15(21)10-12-5-4-8-23-12/h4-5,8,11,13,17H,3,6-7,9-10H2,1-2H3. The van der Waals surface area contributed by atoms with E-state index in [1.165, 1.54) is 0 Å². The Labute approximate surface area is 139 Å². The summed E-state index contributed by atoms with van der Waals surface area (Å²) in [5.41, 5.74) is 0. The molecule has 3 rings (SSSR count). The first-order valence-electron chi connectivity index (χ1n) is 7.99. The van der Waals surface area contributed by atoms with Crippen LogP contribution in [0.4, 0.5) is 0 Å². The summed E-state index contributed by atoms with van der Waals surface area (Å²) in [5.74, 6) is 1.40. The molecule has 1 fully saturated rings. The average Bonchev–Trinajstić information content (AvgIpc) is 3.27. The largest absolute Gasteiger partial charge is 0.337 e. The van der Waals surface area contributed by atoms with Crippen LogP contribution >= 0.6 is 11.3 Å². The third-order valence-electron chi connectivity index (χ3n) is 4.23. The molecule has 3 heterocycles. The molecule has 0 aliphatic carbocycles. The molecule has 1 N–H and O–H groups in total. The lowest BCUT2D eigenvalue weighted by Gasteiger charge is -2.21. The van der Waals surface area contributed by atoms with Gasteiger partial charge in [0, 0.05) is 23.9 Å². The van der Waals surface area contributed by atoms with Crippen LogP contribution in [0.1, 0.15) is 42.4 Å². The summed E-state index contributed by atoms with van der Waals surface area (Å²) >= 11 is 1.61. The monoisotopic (exact) mass is 334 g/mol. The second-order valence-corrected chi connectivity index (χ2v) is 6.98. The highest BCUT2D eigenvalue weighted by molar-refractivity contribution is 7.10. The van der Waals surface area contributed by atoms with Crippen LogP contribution in [-0.4, -0.2) is 40.6 Å². The lowest BCUT2D eigenvalue weighted by molar-refractivity contribution is -0.131. The smallest absolute Gasteiger partial charge is 0.249 e. The highest BCUT2D eigenvalue weighted by atomic mass is 32.1. The van der Waals surface area contributed by atoms with Crippen LogP contribution in [0.3, 0.4) is 0 Å². The van der Waals surface area contributed by atoms with Crippen molar-refractivity contribution in [2.45, 2.75) is 44.7 Å². The van der Waals surface area contributed by atoms with Gasteiger partial charge in [0.2, 0.25) is 11.8 Å². The zero-order valence-corrected chi connectivity index (χ0v) is 14.3. The van der Waals surface area contributed by atoms with Crippen LogP contribution in [0.2, 0.25) is 0 Å². The number of nitrogens with one attached hydrogen (secondary N) is 1. The Bertz CT molecular complexity index is 640. The van der Waals surface area contributed by atoms with Crippen LogP contribution in [0.15, 0.2) is 22.0 Å². The van der Waals surface area contributed by atoms with E-state index in [2.05, 4.69) is 22.4 Å². The maximum Gasteiger partial charge on any atom is 0.249 e. The van der Waals surface area contributed by atoms with E-state index in [9.17, 15) is 4.79 Å². The van der Waals surface area contributed by atoms with Gasteiger partial charge in [-0.15, -0.1) is 11.3 Å². The van der Waals surface area contributed by atoms with E-state index >= 15 is 0 Å². The molecule has 1 amide bonds. The topological polar surface area (TPSA) is 71.3 Å². The van der Waals surface area contributed by atoms with Gasteiger partial charge in [0.15, 0.2) is 5.82 Å². The number of aromatic nitrogens is 2. The van der Waals surface area contributed by atoms with Gasteiger partial charge in [-0.2, -0.15) is 4.98 Å². The minimum Gasteiger partial charge on any atom is -0.337 e. The lowest BCUT2D eigenvalue weighted by Crippen LogP contribution is -2.31. The van der Waals surface area contributed by atoms with Crippen LogP contribution in [-0.2, 0) is 17.6 Å². The van der Waals surface area contributed by atoms with Crippen LogP contribution < -0.4 is 5.32 Å². The lowest BCUT2D eigenvalue weighted by atomic mass is 10.2. The van der Waals surface area contributed by atoms with Gasteiger partial charge in [-0.1, -0.05) is 11.2 Å². The number of amides is 1. The molecule has 0 radical (unpaired) electrons. The minimum atomic E-state index is -0.0754. The number of hydrogen-bond donors (Lipinski definition) is 1. The van der Waals surface area contributed by atoms with Crippen LogP contribution in [0.25, 0.3) is 0 Å². The van der Waals surface area contributed by atoms with E-state index in [4.69, 9.17) is 4.52 Å². The number of rotatable bonds is 6. The number of carbonyl (C=O) groups excluding carboxylic acids is 1. The molecule has 1 saturated heterocycles. The van der Waals surface area contributed by atoms with E-state index in [1.807, 2.05) is 29.5 Å². The Morgan fingerprint density at radius 2 is 2.48 bits per heavy atom. The van der Waals surface area contributed by atoms with E-state index in [-0.39, 0.29) is 11.9 Å². The van der Waals surface area contributed by atoms with Crippen molar-refractivity contribution in [3.63, 3.8) is 0 Å². The van der Waals surface area contributed by atoms with Crippen molar-refractivity contribution in [2.24, 2.45) is 0 Å². The molecule has 2 aromatic rings. The molecular formula is C16H22N4O2S. The molecule has 23 heavy (non-hydrogen) atoms. The fourth-order valence-corrected chi connectivity index (χ4v) is 3.54. The second kappa shape index (κ2) is 7.23. The van der Waals surface area contributed by atoms with Crippen LogP contribution in [0.5, 0.6) is 0 Å². The number of carbonyl (C=O) groups is 1. The van der Waals surface area contributed by atoms with Crippen molar-refractivity contribution in [1.82, 2.24) is 20.4 Å². The van der Waals surface area contributed by atoms with Gasteiger partial charge >= 0.3 is 0 Å². The van der Waals surface area contributed by atoms with Crippen LogP contribution in [0, 0.1) is 0 Å². The molecule has 2 atom stereocenters. The molecular weight excluding hydrogens is 312 g/mol. The van der Waals surface area contributed by atoms with Crippen molar-refractivity contribution in [3.8, 4) is 0 Å². The number of thiophene rings is 1. The van der Waals surface area contributed by atoms with E-state index in [0.29, 0.717) is 24.2 Å². The summed E-state index contributed by atoms with van der Waals surface area (Å²) in [4.78, 5) is 20.0. The maximum absolute atomic E-state index is 12.6. The van der Waals surface area contributed by atoms with E-state index in [1.54, 1.807) is 11.3 Å². The van der Waals surface area contributed by atoms with Crippen molar-refractivity contribution >= 4 is 17.2 Å². The highest BCUT2D eigenvalue weighted by Gasteiger charge is 2.34. The Balaban J connectivity index is 1.67. The summed E-state index contributed by atoms with van der Waals surface area (Å²) in [6.07, 6.45) is 3.03. The molecule has 1 aliphatic rings. The minimum absolute atomic E-state index is 0.0754. The Morgan fingerprint density at radius 3 is 3.22 bits per heavy atom. The van der Waals surface area contributed by atoms with Gasteiger partial charge in [0.05, 0.1) is 6.42 Å². The van der Waals surface area contributed by atoms with E-state index < -0.39 is 0 Å². The van der Waals surface area contributed by atoms with Crippen molar-refractivity contribution in [3.05, 3.63) is 34.1 Å². The summed E-state index contributed by atoms with van der Waals surface area (Å²) in [6.45, 7) is 2.84. The van der Waals surface area contributed by atoms with Crippen molar-refractivity contribution in [2.75, 3.05) is 13.6 Å². The Morgan fingerprint density at radius 1 is 1.61 bits per heavy atom. The summed E-state index contributed by atoms with van der Waals surface area (Å²) < 4.78 is 5.43. The van der Waals surface area contributed by atoms with Crippen molar-refractivity contribution < 1.29 is 9.32 Å². The number of likely N-dealkylation sites (tertiary alicyclic amines) is 1. The molecule has 1 aliphatic heterocycles. The Kier molecular flexibility index (Phi) is 5.07. The summed E-state index contributed by atoms with van der Waals surface area (Å²) in [6, 6.07) is 4.19. The second-order valence-electron chi connectivity index (χ2n) is 5.94. The van der Waals surface area contributed by atoms with Gasteiger partial charge in [-0.05, 0) is 38.3 Å². The zero-order valence-electron chi connectivity index (χ0n) is 13.5. The molecule has 0 saturated carbocycles. The normalized spacial score (nSPS) is 19.2. The van der Waals surface area contributed by atoms with Gasteiger partial charge in [0.25, 0.3) is 0 Å². The van der Waals surface area contributed by atoms with Gasteiger partial charge in [-0.3, -0.25) is 4.79 Å². The third kappa shape index (κ3) is 3.79. The molecule has 2 unspecified atom stereocenters. The molecule has 0 aromatic carbocycles. The third-order valence-corrected chi connectivity index (χ3v) is 5.11. The first kappa shape index (κ1) is 16.1. The molecule has 124 valence electrons.